The van der Waals surface area contributed by atoms with Gasteiger partial charge in [-0.2, -0.15) is 4.98 Å². The Bertz CT molecular complexity index is 519. The normalized spacial score (nSPS) is 11.5. The molecule has 0 amide bonds. The van der Waals surface area contributed by atoms with Crippen molar-refractivity contribution in [2.45, 2.75) is 19.8 Å². The summed E-state index contributed by atoms with van der Waals surface area (Å²) in [4.78, 5) is 3.81. The quantitative estimate of drug-likeness (QED) is 0.814. The van der Waals surface area contributed by atoms with Crippen LogP contribution in [0.25, 0.3) is 0 Å². The van der Waals surface area contributed by atoms with Crippen molar-refractivity contribution in [3.05, 3.63) is 36.2 Å². The van der Waals surface area contributed by atoms with Gasteiger partial charge in [0.2, 0.25) is 0 Å². The van der Waals surface area contributed by atoms with Crippen LogP contribution in [-0.2, 0) is 0 Å². The van der Waals surface area contributed by atoms with Gasteiger partial charge in [-0.25, -0.2) is 0 Å². The van der Waals surface area contributed by atoms with Crippen molar-refractivity contribution < 1.29 is 9.52 Å². The molecule has 1 aromatic carbocycles. The average molecular weight is 231 g/mol. The maximum Gasteiger partial charge on any atom is 0.340 e. The number of nitrogens with zero attached hydrogens (tertiary/aromatic N) is 3. The van der Waals surface area contributed by atoms with Gasteiger partial charge in [0, 0.05) is 0 Å². The van der Waals surface area contributed by atoms with Gasteiger partial charge >= 0.3 is 6.01 Å². The summed E-state index contributed by atoms with van der Waals surface area (Å²) >= 11 is 0. The summed E-state index contributed by atoms with van der Waals surface area (Å²) in [5.74, 6) is 0.455. The lowest BCUT2D eigenvalue weighted by atomic mass is 10.0. The highest BCUT2D eigenvalue weighted by Gasteiger charge is 2.05. The SMILES string of the molecule is CC(C)c1ccc(O)c(/N=N/c2ncco2)c1. The summed E-state index contributed by atoms with van der Waals surface area (Å²) in [5, 5.41) is 17.3. The number of hydrogen-bond donors (Lipinski definition) is 1. The van der Waals surface area contributed by atoms with E-state index in [-0.39, 0.29) is 11.8 Å². The smallest absolute Gasteiger partial charge is 0.340 e. The Hall–Kier alpha value is -2.17. The minimum Gasteiger partial charge on any atom is -0.506 e. The molecule has 0 aliphatic heterocycles. The third-order valence-corrected chi connectivity index (χ3v) is 2.33. The van der Waals surface area contributed by atoms with Crippen LogP contribution < -0.4 is 0 Å². The van der Waals surface area contributed by atoms with Gasteiger partial charge in [-0.1, -0.05) is 25.0 Å². The number of oxazole rings is 1. The lowest BCUT2D eigenvalue weighted by Gasteiger charge is -2.06. The van der Waals surface area contributed by atoms with Gasteiger partial charge in [-0.15, -0.1) is 5.11 Å². The molecule has 2 aromatic rings. The first-order valence-electron chi connectivity index (χ1n) is 5.31. The van der Waals surface area contributed by atoms with E-state index in [4.69, 9.17) is 4.42 Å². The highest BCUT2D eigenvalue weighted by Crippen LogP contribution is 2.31. The summed E-state index contributed by atoms with van der Waals surface area (Å²) < 4.78 is 4.92. The van der Waals surface area contributed by atoms with Crippen LogP contribution in [-0.4, -0.2) is 10.1 Å². The van der Waals surface area contributed by atoms with E-state index in [9.17, 15) is 5.11 Å². The van der Waals surface area contributed by atoms with E-state index in [0.717, 1.165) is 5.56 Å². The van der Waals surface area contributed by atoms with Gasteiger partial charge in [0.05, 0.1) is 6.20 Å². The van der Waals surface area contributed by atoms with Crippen LogP contribution in [0.2, 0.25) is 0 Å². The summed E-state index contributed by atoms with van der Waals surface area (Å²) in [6, 6.07) is 5.44. The molecule has 1 heterocycles. The standard InChI is InChI=1S/C12H13N3O2/c1-8(2)9-3-4-11(16)10(7-9)14-15-12-13-5-6-17-12/h3-8,16H,1-2H3/b15-14+. The molecule has 5 nitrogen and oxygen atoms in total. The topological polar surface area (TPSA) is 71.0 Å². The molecule has 17 heavy (non-hydrogen) atoms. The zero-order chi connectivity index (χ0) is 12.3. The molecule has 0 atom stereocenters. The van der Waals surface area contributed by atoms with Crippen molar-refractivity contribution in [1.29, 1.82) is 0 Å². The van der Waals surface area contributed by atoms with E-state index in [2.05, 4.69) is 29.1 Å². The highest BCUT2D eigenvalue weighted by molar-refractivity contribution is 5.52. The number of hydrogen-bond acceptors (Lipinski definition) is 5. The average Bonchev–Trinajstić information content (AvgIpc) is 2.80. The first-order chi connectivity index (χ1) is 8.16. The molecule has 1 N–H and O–H groups in total. The molecular weight excluding hydrogens is 218 g/mol. The van der Waals surface area contributed by atoms with Gasteiger partial charge in [-0.3, -0.25) is 0 Å². The van der Waals surface area contributed by atoms with Crippen LogP contribution in [0, 0.1) is 0 Å². The number of rotatable bonds is 3. The molecule has 5 heteroatoms. The van der Waals surface area contributed by atoms with Crippen LogP contribution in [0.5, 0.6) is 5.75 Å². The van der Waals surface area contributed by atoms with Gasteiger partial charge in [0.15, 0.2) is 0 Å². The Morgan fingerprint density at radius 2 is 2.12 bits per heavy atom. The van der Waals surface area contributed by atoms with E-state index in [1.54, 1.807) is 12.1 Å². The van der Waals surface area contributed by atoms with Crippen LogP contribution in [0.4, 0.5) is 11.7 Å². The minimum absolute atomic E-state index is 0.0877. The van der Waals surface area contributed by atoms with Crippen molar-refractivity contribution >= 4 is 11.7 Å². The van der Waals surface area contributed by atoms with E-state index >= 15 is 0 Å². The summed E-state index contributed by atoms with van der Waals surface area (Å²) in [7, 11) is 0. The Balaban J connectivity index is 2.28. The largest absolute Gasteiger partial charge is 0.506 e. The summed E-state index contributed by atoms with van der Waals surface area (Å²) in [6.07, 6.45) is 2.90. The zero-order valence-electron chi connectivity index (χ0n) is 9.66. The van der Waals surface area contributed by atoms with Crippen molar-refractivity contribution in [2.24, 2.45) is 10.2 Å². The Morgan fingerprint density at radius 3 is 2.76 bits per heavy atom. The van der Waals surface area contributed by atoms with E-state index in [0.29, 0.717) is 11.6 Å². The minimum atomic E-state index is 0.0877. The van der Waals surface area contributed by atoms with Crippen molar-refractivity contribution in [3.8, 4) is 5.75 Å². The molecule has 1 aromatic heterocycles. The highest BCUT2D eigenvalue weighted by atomic mass is 16.4. The number of aromatic hydroxyl groups is 1. The van der Waals surface area contributed by atoms with Gasteiger partial charge < -0.3 is 9.52 Å². The zero-order valence-corrected chi connectivity index (χ0v) is 9.66. The maximum atomic E-state index is 9.64. The third-order valence-electron chi connectivity index (χ3n) is 2.33. The molecule has 0 aliphatic carbocycles. The first kappa shape index (κ1) is 11.3. The third kappa shape index (κ3) is 2.69. The molecular formula is C12H13N3O2. The number of azo groups is 1. The van der Waals surface area contributed by atoms with Gasteiger partial charge in [0.1, 0.15) is 17.7 Å². The number of aromatic nitrogens is 1. The molecule has 0 aliphatic rings. The van der Waals surface area contributed by atoms with Crippen molar-refractivity contribution in [1.82, 2.24) is 4.98 Å². The fraction of sp³-hybridized carbons (Fsp3) is 0.250. The Kier molecular flexibility index (Phi) is 3.18. The van der Waals surface area contributed by atoms with E-state index in [1.807, 2.05) is 6.07 Å². The molecule has 2 rings (SSSR count). The fourth-order valence-electron chi connectivity index (χ4n) is 1.34. The Morgan fingerprint density at radius 1 is 1.29 bits per heavy atom. The van der Waals surface area contributed by atoms with Gasteiger partial charge in [0.25, 0.3) is 0 Å². The van der Waals surface area contributed by atoms with Crippen molar-refractivity contribution in [2.75, 3.05) is 0 Å². The van der Waals surface area contributed by atoms with Crippen LogP contribution in [0.1, 0.15) is 25.3 Å². The molecule has 0 saturated heterocycles. The second-order valence-electron chi connectivity index (χ2n) is 3.92. The molecule has 0 saturated carbocycles. The predicted octanol–water partition coefficient (Wildman–Crippen LogP) is 3.92. The second-order valence-corrected chi connectivity index (χ2v) is 3.92. The molecule has 0 bridgehead atoms. The summed E-state index contributed by atoms with van der Waals surface area (Å²) in [5.41, 5.74) is 1.50. The number of phenolic OH excluding ortho intramolecular Hbond substituents is 1. The van der Waals surface area contributed by atoms with Crippen LogP contribution in [0.15, 0.2) is 45.3 Å². The molecule has 0 spiro atoms. The maximum absolute atomic E-state index is 9.64. The first-order valence-corrected chi connectivity index (χ1v) is 5.31. The predicted molar refractivity (Wildman–Crippen MR) is 62.9 cm³/mol. The number of benzene rings is 1. The van der Waals surface area contributed by atoms with Crippen LogP contribution in [0.3, 0.4) is 0 Å². The fourth-order valence-corrected chi connectivity index (χ4v) is 1.34. The molecule has 0 fully saturated rings. The summed E-state index contributed by atoms with van der Waals surface area (Å²) in [6.45, 7) is 4.14. The van der Waals surface area contributed by atoms with Gasteiger partial charge in [-0.05, 0) is 23.6 Å². The monoisotopic (exact) mass is 231 g/mol. The van der Waals surface area contributed by atoms with E-state index < -0.39 is 0 Å². The number of phenols is 1. The molecule has 0 radical (unpaired) electrons. The second kappa shape index (κ2) is 4.78. The van der Waals surface area contributed by atoms with Crippen molar-refractivity contribution in [3.63, 3.8) is 0 Å². The van der Waals surface area contributed by atoms with Crippen LogP contribution >= 0.6 is 0 Å². The van der Waals surface area contributed by atoms with E-state index in [1.165, 1.54) is 12.5 Å². The lowest BCUT2D eigenvalue weighted by Crippen LogP contribution is -1.85. The molecule has 88 valence electrons. The Labute approximate surface area is 98.8 Å². The molecule has 0 unspecified atom stereocenters. The lowest BCUT2D eigenvalue weighted by molar-refractivity contribution is 0.475.